The lowest BCUT2D eigenvalue weighted by molar-refractivity contribution is 0.00745. The first-order valence-electron chi connectivity index (χ1n) is 7.06. The number of aromatic nitrogens is 1. The Morgan fingerprint density at radius 1 is 1.60 bits per heavy atom. The van der Waals surface area contributed by atoms with E-state index in [1.165, 1.54) is 11.3 Å². The quantitative estimate of drug-likeness (QED) is 0.866. The van der Waals surface area contributed by atoms with E-state index in [-0.39, 0.29) is 12.0 Å². The van der Waals surface area contributed by atoms with Gasteiger partial charge < -0.3 is 20.7 Å². The van der Waals surface area contributed by atoms with Crippen LogP contribution in [0.15, 0.2) is 0 Å². The van der Waals surface area contributed by atoms with Gasteiger partial charge in [-0.1, -0.05) is 11.3 Å². The first kappa shape index (κ1) is 15.1. The molecule has 1 saturated heterocycles. The third kappa shape index (κ3) is 3.40. The molecule has 1 fully saturated rings. The number of anilines is 2. The predicted octanol–water partition coefficient (Wildman–Crippen LogP) is 1.80. The minimum Gasteiger partial charge on any atom is -0.382 e. The maximum absolute atomic E-state index is 12.5. The number of hydrogen-bond donors (Lipinski definition) is 2. The van der Waals surface area contributed by atoms with Gasteiger partial charge in [0.15, 0.2) is 5.13 Å². The van der Waals surface area contributed by atoms with Crippen LogP contribution in [0.4, 0.5) is 10.9 Å². The van der Waals surface area contributed by atoms with Crippen molar-refractivity contribution in [1.29, 1.82) is 0 Å². The van der Waals surface area contributed by atoms with Gasteiger partial charge in [-0.05, 0) is 26.7 Å². The molecular formula is C13H22N4O2S. The van der Waals surface area contributed by atoms with Gasteiger partial charge in [-0.15, -0.1) is 0 Å². The maximum atomic E-state index is 12.5. The Bertz CT molecular complexity index is 461. The summed E-state index contributed by atoms with van der Waals surface area (Å²) in [5.74, 6) is 0.281. The van der Waals surface area contributed by atoms with Crippen LogP contribution in [0.1, 0.15) is 36.4 Å². The van der Waals surface area contributed by atoms with E-state index >= 15 is 0 Å². The number of likely N-dealkylation sites (tertiary alicyclic amines) is 1. The standard InChI is InChI=1S/C13H22N4O2S/c1-3-15-13-16-11(14)10(20-13)12(18)17-7-5-6-9(8-17)19-4-2/h9H,3-8,14H2,1-2H3,(H,15,16). The van der Waals surface area contributed by atoms with E-state index in [1.807, 2.05) is 18.7 Å². The molecule has 3 N–H and O–H groups in total. The molecule has 2 heterocycles. The molecule has 7 heteroatoms. The zero-order chi connectivity index (χ0) is 14.5. The molecule has 0 bridgehead atoms. The number of amides is 1. The summed E-state index contributed by atoms with van der Waals surface area (Å²) in [6, 6.07) is 0. The number of nitrogens with zero attached hydrogens (tertiary/aromatic N) is 2. The number of carbonyl (C=O) groups is 1. The highest BCUT2D eigenvalue weighted by molar-refractivity contribution is 7.18. The lowest BCUT2D eigenvalue weighted by atomic mass is 10.1. The Hall–Kier alpha value is -1.34. The summed E-state index contributed by atoms with van der Waals surface area (Å²) < 4.78 is 5.62. The second-order valence-corrected chi connectivity index (χ2v) is 5.73. The van der Waals surface area contributed by atoms with E-state index in [4.69, 9.17) is 10.5 Å². The van der Waals surface area contributed by atoms with Gasteiger partial charge >= 0.3 is 0 Å². The smallest absolute Gasteiger partial charge is 0.267 e. The summed E-state index contributed by atoms with van der Waals surface area (Å²) in [5, 5.41) is 3.79. The van der Waals surface area contributed by atoms with E-state index in [9.17, 15) is 4.79 Å². The molecule has 1 aromatic rings. The summed E-state index contributed by atoms with van der Waals surface area (Å²) in [6.45, 7) is 6.80. The van der Waals surface area contributed by atoms with Crippen LogP contribution in [0, 0.1) is 0 Å². The second-order valence-electron chi connectivity index (χ2n) is 4.73. The fourth-order valence-corrected chi connectivity index (χ4v) is 3.27. The van der Waals surface area contributed by atoms with Gasteiger partial charge in [0.05, 0.1) is 6.10 Å². The first-order valence-corrected chi connectivity index (χ1v) is 7.88. The number of nitrogen functional groups attached to an aromatic ring is 1. The topological polar surface area (TPSA) is 80.5 Å². The summed E-state index contributed by atoms with van der Waals surface area (Å²) in [4.78, 5) is 19.0. The zero-order valence-electron chi connectivity index (χ0n) is 12.0. The highest BCUT2D eigenvalue weighted by Gasteiger charge is 2.27. The van der Waals surface area contributed by atoms with Crippen LogP contribution in [0.3, 0.4) is 0 Å². The largest absolute Gasteiger partial charge is 0.382 e. The molecule has 0 aliphatic carbocycles. The molecule has 1 aromatic heterocycles. The van der Waals surface area contributed by atoms with E-state index < -0.39 is 0 Å². The molecule has 1 aliphatic heterocycles. The third-order valence-electron chi connectivity index (χ3n) is 3.24. The van der Waals surface area contributed by atoms with Crippen molar-refractivity contribution in [3.63, 3.8) is 0 Å². The van der Waals surface area contributed by atoms with Crippen LogP contribution in [0.2, 0.25) is 0 Å². The Morgan fingerprint density at radius 3 is 3.10 bits per heavy atom. The molecule has 0 spiro atoms. The Labute approximate surface area is 123 Å². The maximum Gasteiger partial charge on any atom is 0.267 e. The van der Waals surface area contributed by atoms with Gasteiger partial charge in [-0.3, -0.25) is 4.79 Å². The van der Waals surface area contributed by atoms with Crippen molar-refractivity contribution in [3.8, 4) is 0 Å². The van der Waals surface area contributed by atoms with E-state index in [0.717, 1.165) is 25.9 Å². The Morgan fingerprint density at radius 2 is 2.40 bits per heavy atom. The molecule has 0 radical (unpaired) electrons. The summed E-state index contributed by atoms with van der Waals surface area (Å²) >= 11 is 1.32. The Kier molecular flexibility index (Phi) is 5.19. The van der Waals surface area contributed by atoms with Crippen molar-refractivity contribution < 1.29 is 9.53 Å². The normalized spacial score (nSPS) is 19.1. The van der Waals surface area contributed by atoms with Crippen molar-refractivity contribution in [2.45, 2.75) is 32.8 Å². The minimum atomic E-state index is -0.0337. The fourth-order valence-electron chi connectivity index (χ4n) is 2.35. The lowest BCUT2D eigenvalue weighted by Gasteiger charge is -2.32. The van der Waals surface area contributed by atoms with Crippen LogP contribution in [-0.2, 0) is 4.74 Å². The molecule has 1 atom stereocenters. The lowest BCUT2D eigenvalue weighted by Crippen LogP contribution is -2.43. The van der Waals surface area contributed by atoms with E-state index in [1.54, 1.807) is 0 Å². The SMILES string of the molecule is CCNc1nc(N)c(C(=O)N2CCCC(OCC)C2)s1. The molecule has 1 amide bonds. The molecule has 1 unspecified atom stereocenters. The van der Waals surface area contributed by atoms with Gasteiger partial charge in [0.1, 0.15) is 10.7 Å². The molecule has 0 saturated carbocycles. The van der Waals surface area contributed by atoms with E-state index in [2.05, 4.69) is 10.3 Å². The number of carbonyl (C=O) groups excluding carboxylic acids is 1. The first-order chi connectivity index (χ1) is 9.65. The highest BCUT2D eigenvalue weighted by Crippen LogP contribution is 2.27. The molecule has 1 aliphatic rings. The molecule has 112 valence electrons. The van der Waals surface area contributed by atoms with Crippen molar-refractivity contribution in [3.05, 3.63) is 4.88 Å². The number of hydrogen-bond acceptors (Lipinski definition) is 6. The summed E-state index contributed by atoms with van der Waals surface area (Å²) in [6.07, 6.45) is 2.12. The summed E-state index contributed by atoms with van der Waals surface area (Å²) in [5.41, 5.74) is 5.85. The number of nitrogens with two attached hydrogens (primary N) is 1. The second kappa shape index (κ2) is 6.90. The molecule has 20 heavy (non-hydrogen) atoms. The van der Waals surface area contributed by atoms with Gasteiger partial charge in [0, 0.05) is 26.2 Å². The van der Waals surface area contributed by atoms with Crippen molar-refractivity contribution in [2.75, 3.05) is 37.3 Å². The molecule has 0 aromatic carbocycles. The predicted molar refractivity (Wildman–Crippen MR) is 81.2 cm³/mol. The van der Waals surface area contributed by atoms with Crippen molar-refractivity contribution in [2.24, 2.45) is 0 Å². The van der Waals surface area contributed by atoms with Gasteiger partial charge in [-0.25, -0.2) is 4.98 Å². The Balaban J connectivity index is 2.06. The fraction of sp³-hybridized carbons (Fsp3) is 0.692. The molecular weight excluding hydrogens is 276 g/mol. The van der Waals surface area contributed by atoms with Gasteiger partial charge in [-0.2, -0.15) is 0 Å². The monoisotopic (exact) mass is 298 g/mol. The van der Waals surface area contributed by atoms with Crippen LogP contribution >= 0.6 is 11.3 Å². The average molecular weight is 298 g/mol. The van der Waals surface area contributed by atoms with Crippen molar-refractivity contribution >= 4 is 28.2 Å². The van der Waals surface area contributed by atoms with Gasteiger partial charge in [0.25, 0.3) is 5.91 Å². The number of piperidine rings is 1. The van der Waals surface area contributed by atoms with Crippen LogP contribution in [0.5, 0.6) is 0 Å². The third-order valence-corrected chi connectivity index (χ3v) is 4.26. The zero-order valence-corrected chi connectivity index (χ0v) is 12.8. The number of ether oxygens (including phenoxy) is 1. The van der Waals surface area contributed by atoms with E-state index in [0.29, 0.717) is 29.0 Å². The van der Waals surface area contributed by atoms with Crippen LogP contribution < -0.4 is 11.1 Å². The van der Waals surface area contributed by atoms with Crippen LogP contribution in [-0.4, -0.2) is 48.1 Å². The number of nitrogens with one attached hydrogen (secondary N) is 1. The number of thiazole rings is 1. The average Bonchev–Trinajstić information content (AvgIpc) is 2.80. The number of rotatable bonds is 5. The highest BCUT2D eigenvalue weighted by atomic mass is 32.1. The molecule has 6 nitrogen and oxygen atoms in total. The minimum absolute atomic E-state index is 0.0337. The van der Waals surface area contributed by atoms with Crippen molar-refractivity contribution in [1.82, 2.24) is 9.88 Å². The van der Waals surface area contributed by atoms with Gasteiger partial charge in [0.2, 0.25) is 0 Å². The van der Waals surface area contributed by atoms with Crippen LogP contribution in [0.25, 0.3) is 0 Å². The molecule has 2 rings (SSSR count). The summed E-state index contributed by atoms with van der Waals surface area (Å²) in [7, 11) is 0.